The smallest absolute Gasteiger partial charge is 0.416 e. The Kier molecular flexibility index (Phi) is 7.09. The van der Waals surface area contributed by atoms with Crippen LogP contribution < -0.4 is 9.63 Å². The number of aromatic nitrogens is 1. The number of benzene rings is 3. The van der Waals surface area contributed by atoms with Crippen LogP contribution in [0.4, 0.5) is 18.9 Å². The molecular formula is C31H28Cl2F3N3O. The van der Waals surface area contributed by atoms with E-state index in [1.165, 1.54) is 0 Å². The van der Waals surface area contributed by atoms with Gasteiger partial charge in [0.25, 0.3) is 0 Å². The third kappa shape index (κ3) is 5.11. The predicted molar refractivity (Wildman–Crippen MR) is 153 cm³/mol. The molecule has 3 aromatic carbocycles. The Morgan fingerprint density at radius 3 is 2.27 bits per heavy atom. The van der Waals surface area contributed by atoms with Crippen LogP contribution in [0.2, 0.25) is 10.0 Å². The fraction of sp³-hybridized carbons (Fsp3) is 0.323. The predicted octanol–water partition coefficient (Wildman–Crippen LogP) is 7.78. The van der Waals surface area contributed by atoms with Gasteiger partial charge in [-0.25, -0.2) is 0 Å². The van der Waals surface area contributed by atoms with E-state index in [-0.39, 0.29) is 18.0 Å². The first-order valence-corrected chi connectivity index (χ1v) is 14.1. The Labute approximate surface area is 241 Å². The Hall–Kier alpha value is -3.00. The van der Waals surface area contributed by atoms with Gasteiger partial charge in [0.05, 0.1) is 5.56 Å². The minimum Gasteiger partial charge on any atom is -0.618 e. The first-order chi connectivity index (χ1) is 19.1. The van der Waals surface area contributed by atoms with Crippen molar-refractivity contribution in [2.24, 2.45) is 0 Å². The fourth-order valence-electron chi connectivity index (χ4n) is 6.37. The van der Waals surface area contributed by atoms with Crippen molar-refractivity contribution in [2.45, 2.75) is 43.9 Å². The minimum atomic E-state index is -4.39. The molecule has 3 unspecified atom stereocenters. The molecular weight excluding hydrogens is 558 g/mol. The average molecular weight is 586 g/mol. The van der Waals surface area contributed by atoms with Crippen LogP contribution in [-0.2, 0) is 12.6 Å². The summed E-state index contributed by atoms with van der Waals surface area (Å²) in [6.07, 6.45) is -3.23. The van der Waals surface area contributed by atoms with Gasteiger partial charge in [0.2, 0.25) is 5.52 Å². The van der Waals surface area contributed by atoms with Gasteiger partial charge >= 0.3 is 6.18 Å². The second kappa shape index (κ2) is 10.4. The van der Waals surface area contributed by atoms with Crippen molar-refractivity contribution in [3.63, 3.8) is 0 Å². The topological polar surface area (TPSA) is 33.4 Å². The van der Waals surface area contributed by atoms with Crippen LogP contribution in [0.3, 0.4) is 0 Å². The monoisotopic (exact) mass is 585 g/mol. The molecule has 0 amide bonds. The minimum absolute atomic E-state index is 0.0607. The van der Waals surface area contributed by atoms with E-state index in [4.69, 9.17) is 23.2 Å². The van der Waals surface area contributed by atoms with E-state index in [1.54, 1.807) is 24.3 Å². The second-order valence-electron chi connectivity index (χ2n) is 10.8. The number of nitrogens with zero attached hydrogens (tertiary/aromatic N) is 3. The van der Waals surface area contributed by atoms with Gasteiger partial charge in [-0.05, 0) is 79.4 Å². The van der Waals surface area contributed by atoms with E-state index >= 15 is 0 Å². The lowest BCUT2D eigenvalue weighted by atomic mass is 9.78. The maximum atomic E-state index is 13.7. The number of piperazine rings is 1. The van der Waals surface area contributed by atoms with Gasteiger partial charge in [-0.3, -0.25) is 4.90 Å². The lowest BCUT2D eigenvalue weighted by Gasteiger charge is -2.46. The third-order valence-electron chi connectivity index (χ3n) is 8.37. The molecule has 0 saturated carbocycles. The summed E-state index contributed by atoms with van der Waals surface area (Å²) in [6.45, 7) is 4.55. The highest BCUT2D eigenvalue weighted by Gasteiger charge is 2.39. The van der Waals surface area contributed by atoms with E-state index in [0.717, 1.165) is 58.7 Å². The Morgan fingerprint density at radius 2 is 1.60 bits per heavy atom. The van der Waals surface area contributed by atoms with Crippen LogP contribution in [0.25, 0.3) is 10.9 Å². The maximum absolute atomic E-state index is 13.7. The molecule has 1 saturated heterocycles. The number of pyridine rings is 1. The molecule has 0 radical (unpaired) electrons. The number of hydrogen-bond donors (Lipinski definition) is 0. The highest BCUT2D eigenvalue weighted by atomic mass is 35.5. The molecule has 4 aromatic rings. The first-order valence-electron chi connectivity index (χ1n) is 13.4. The van der Waals surface area contributed by atoms with Crippen molar-refractivity contribution in [3.05, 3.63) is 110 Å². The molecule has 1 fully saturated rings. The van der Waals surface area contributed by atoms with Crippen LogP contribution in [0.1, 0.15) is 47.7 Å². The highest BCUT2D eigenvalue weighted by molar-refractivity contribution is 6.31. The standard InChI is InChI=1S/C31H28Cl2F3N3O/c1-19-18-37(12-13-38(19)26-9-6-24(32)7-10-26)29-16-21(20-2-4-23(5-3-20)31(34,35)36)17-30-27(29)15-22-14-25(33)8-11-28(22)39(30)40/h2-11,14-15,19,21,29H,12-13,16-18H2,1H3. The molecule has 6 rings (SSSR count). The largest absolute Gasteiger partial charge is 0.618 e. The molecule has 2 heterocycles. The normalized spacial score (nSPS) is 21.9. The summed E-state index contributed by atoms with van der Waals surface area (Å²) in [5.74, 6) is -0.0886. The van der Waals surface area contributed by atoms with Crippen LogP contribution in [0.5, 0.6) is 0 Å². The molecule has 1 aliphatic heterocycles. The Balaban J connectivity index is 1.36. The van der Waals surface area contributed by atoms with Crippen LogP contribution >= 0.6 is 23.2 Å². The summed E-state index contributed by atoms with van der Waals surface area (Å²) in [4.78, 5) is 4.78. The summed E-state index contributed by atoms with van der Waals surface area (Å²) in [5.41, 5.74) is 3.44. The molecule has 1 aromatic heterocycles. The summed E-state index contributed by atoms with van der Waals surface area (Å²) < 4.78 is 40.7. The van der Waals surface area contributed by atoms with Crippen molar-refractivity contribution >= 4 is 39.8 Å². The molecule has 4 nitrogen and oxygen atoms in total. The summed E-state index contributed by atoms with van der Waals surface area (Å²) in [7, 11) is 0. The van der Waals surface area contributed by atoms with Crippen molar-refractivity contribution in [1.82, 2.24) is 4.90 Å². The second-order valence-corrected chi connectivity index (χ2v) is 11.7. The summed E-state index contributed by atoms with van der Waals surface area (Å²) >= 11 is 12.4. The number of anilines is 1. The van der Waals surface area contributed by atoms with E-state index in [0.29, 0.717) is 34.1 Å². The fourth-order valence-corrected chi connectivity index (χ4v) is 6.68. The van der Waals surface area contributed by atoms with Crippen molar-refractivity contribution in [2.75, 3.05) is 24.5 Å². The highest BCUT2D eigenvalue weighted by Crippen LogP contribution is 2.43. The average Bonchev–Trinajstić information content (AvgIpc) is 2.93. The number of hydrogen-bond acceptors (Lipinski definition) is 3. The first kappa shape index (κ1) is 27.2. The van der Waals surface area contributed by atoms with Crippen LogP contribution in [0.15, 0.2) is 72.8 Å². The van der Waals surface area contributed by atoms with Crippen LogP contribution in [-0.4, -0.2) is 30.6 Å². The van der Waals surface area contributed by atoms with Crippen molar-refractivity contribution < 1.29 is 17.9 Å². The molecule has 208 valence electrons. The lowest BCUT2D eigenvalue weighted by Crippen LogP contribution is -2.54. The number of fused-ring (bicyclic) bond motifs is 2. The van der Waals surface area contributed by atoms with Crippen molar-refractivity contribution in [1.29, 1.82) is 0 Å². The maximum Gasteiger partial charge on any atom is 0.416 e. The van der Waals surface area contributed by atoms with Gasteiger partial charge in [0.1, 0.15) is 0 Å². The van der Waals surface area contributed by atoms with E-state index < -0.39 is 11.7 Å². The Bertz CT molecular complexity index is 1540. The molecule has 40 heavy (non-hydrogen) atoms. The molecule has 0 spiro atoms. The van der Waals surface area contributed by atoms with Gasteiger partial charge in [-0.2, -0.15) is 17.9 Å². The van der Waals surface area contributed by atoms with Gasteiger partial charge in [-0.1, -0.05) is 35.3 Å². The third-order valence-corrected chi connectivity index (χ3v) is 8.86. The Morgan fingerprint density at radius 1 is 0.900 bits per heavy atom. The quantitative estimate of drug-likeness (QED) is 0.182. The molecule has 0 bridgehead atoms. The lowest BCUT2D eigenvalue weighted by molar-refractivity contribution is -0.587. The zero-order valence-corrected chi connectivity index (χ0v) is 23.3. The van der Waals surface area contributed by atoms with Gasteiger partial charge in [-0.15, -0.1) is 0 Å². The van der Waals surface area contributed by atoms with Crippen LogP contribution in [0, 0.1) is 5.21 Å². The number of alkyl halides is 3. The zero-order chi connectivity index (χ0) is 28.2. The van der Waals surface area contributed by atoms with Gasteiger partial charge in [0, 0.05) is 70.9 Å². The van der Waals surface area contributed by atoms with E-state index in [1.807, 2.05) is 30.3 Å². The molecule has 3 atom stereocenters. The molecule has 0 N–H and O–H groups in total. The number of rotatable bonds is 3. The summed E-state index contributed by atoms with van der Waals surface area (Å²) in [6, 6.07) is 20.7. The molecule has 2 aliphatic rings. The van der Waals surface area contributed by atoms with Gasteiger partial charge in [0.15, 0.2) is 5.69 Å². The number of halogens is 5. The molecule has 1 aliphatic carbocycles. The zero-order valence-electron chi connectivity index (χ0n) is 21.8. The van der Waals surface area contributed by atoms with E-state index in [9.17, 15) is 18.4 Å². The van der Waals surface area contributed by atoms with Gasteiger partial charge < -0.3 is 10.1 Å². The SMILES string of the molecule is CC1CN(C2CC(c3ccc(C(F)(F)F)cc3)Cc3c2cc2cc(Cl)ccc2[n+]3[O-])CCN1c1ccc(Cl)cc1. The summed E-state index contributed by atoms with van der Waals surface area (Å²) in [5, 5.41) is 15.7. The van der Waals surface area contributed by atoms with E-state index in [2.05, 4.69) is 22.8 Å². The molecule has 9 heteroatoms. The van der Waals surface area contributed by atoms with Crippen molar-refractivity contribution in [3.8, 4) is 0 Å².